The fourth-order valence-corrected chi connectivity index (χ4v) is 3.46. The number of anilines is 1. The number of hydrogen-bond acceptors (Lipinski definition) is 9. The summed E-state index contributed by atoms with van der Waals surface area (Å²) in [5.74, 6) is -6.14. The maximum atomic E-state index is 13.4. The van der Waals surface area contributed by atoms with Crippen LogP contribution in [0.3, 0.4) is 0 Å². The van der Waals surface area contributed by atoms with Crippen LogP contribution in [0, 0.1) is 0 Å². The van der Waals surface area contributed by atoms with E-state index in [2.05, 4.69) is 30.2 Å². The SMILES string of the molecule is CC(C)n1cnnc1-c1cccc(NC(=O)c2cccc(Oc3cc(C(=O)OC(=O)C(F)(F)F)cc(C(F)(F)F)n3)c2)n1. The van der Waals surface area contributed by atoms with Gasteiger partial charge in [-0.05, 0) is 50.2 Å². The predicted molar refractivity (Wildman–Crippen MR) is 134 cm³/mol. The quantitative estimate of drug-likeness (QED) is 0.161. The summed E-state index contributed by atoms with van der Waals surface area (Å²) in [6.45, 7) is 3.84. The molecular weight excluding hydrogens is 590 g/mol. The van der Waals surface area contributed by atoms with Gasteiger partial charge in [0.1, 0.15) is 29.3 Å². The van der Waals surface area contributed by atoms with E-state index in [-0.39, 0.29) is 29.2 Å². The van der Waals surface area contributed by atoms with E-state index in [0.717, 1.165) is 6.07 Å². The lowest BCUT2D eigenvalue weighted by Crippen LogP contribution is -2.28. The van der Waals surface area contributed by atoms with Gasteiger partial charge in [0, 0.05) is 17.7 Å². The van der Waals surface area contributed by atoms with Crippen LogP contribution in [-0.4, -0.2) is 48.8 Å². The Hall–Kier alpha value is -5.35. The summed E-state index contributed by atoms with van der Waals surface area (Å²) in [6, 6.07) is 10.5. The Labute approximate surface area is 237 Å². The highest BCUT2D eigenvalue weighted by Crippen LogP contribution is 2.32. The number of ether oxygens (including phenoxy) is 2. The minimum absolute atomic E-state index is 0.0302. The van der Waals surface area contributed by atoms with Crippen molar-refractivity contribution in [3.63, 3.8) is 0 Å². The molecule has 0 aliphatic carbocycles. The van der Waals surface area contributed by atoms with Crippen LogP contribution in [0.5, 0.6) is 11.6 Å². The Morgan fingerprint density at radius 3 is 2.30 bits per heavy atom. The zero-order chi connectivity index (χ0) is 31.5. The maximum Gasteiger partial charge on any atom is 0.491 e. The number of benzene rings is 1. The van der Waals surface area contributed by atoms with Gasteiger partial charge in [-0.1, -0.05) is 12.1 Å². The average molecular weight is 608 g/mol. The molecule has 1 amide bonds. The zero-order valence-electron chi connectivity index (χ0n) is 21.9. The Balaban J connectivity index is 1.56. The Morgan fingerprint density at radius 2 is 1.63 bits per heavy atom. The molecule has 3 aromatic heterocycles. The number of alkyl halides is 6. The first-order chi connectivity index (χ1) is 20.1. The number of pyridine rings is 2. The average Bonchev–Trinajstić information content (AvgIpc) is 3.43. The first kappa shape index (κ1) is 30.6. The van der Waals surface area contributed by atoms with Crippen LogP contribution in [-0.2, 0) is 15.7 Å². The van der Waals surface area contributed by atoms with Crippen molar-refractivity contribution in [1.82, 2.24) is 24.7 Å². The van der Waals surface area contributed by atoms with Crippen LogP contribution in [0.1, 0.15) is 46.3 Å². The summed E-state index contributed by atoms with van der Waals surface area (Å²) in [7, 11) is 0. The van der Waals surface area contributed by atoms with Crippen LogP contribution in [0.2, 0.25) is 0 Å². The molecule has 43 heavy (non-hydrogen) atoms. The van der Waals surface area contributed by atoms with Gasteiger partial charge in [0.2, 0.25) is 5.88 Å². The highest BCUT2D eigenvalue weighted by atomic mass is 19.4. The molecule has 0 bridgehead atoms. The smallest absolute Gasteiger partial charge is 0.439 e. The molecule has 1 aromatic carbocycles. The van der Waals surface area contributed by atoms with Crippen molar-refractivity contribution in [3.05, 3.63) is 77.7 Å². The lowest BCUT2D eigenvalue weighted by molar-refractivity contribution is -0.193. The van der Waals surface area contributed by atoms with Gasteiger partial charge < -0.3 is 19.4 Å². The van der Waals surface area contributed by atoms with Gasteiger partial charge in [-0.15, -0.1) is 10.2 Å². The molecule has 4 rings (SSSR count). The standard InChI is InChI=1S/C26H18F6N6O5/c1-13(2)38-12-33-37-21(38)17-7-4-8-19(34-17)36-22(39)14-5-3-6-16(9-14)42-20-11-15(10-18(35-20)25(27,28)29)23(40)43-24(41)26(30,31)32/h3-13H,1-2H3,(H,34,36,39). The van der Waals surface area contributed by atoms with E-state index in [9.17, 15) is 40.7 Å². The fourth-order valence-electron chi connectivity index (χ4n) is 3.46. The van der Waals surface area contributed by atoms with E-state index in [1.165, 1.54) is 30.6 Å². The third-order valence-electron chi connectivity index (χ3n) is 5.41. The molecule has 0 aliphatic rings. The number of esters is 2. The molecule has 0 atom stereocenters. The summed E-state index contributed by atoms with van der Waals surface area (Å²) in [6.07, 6.45) is -9.19. The third-order valence-corrected chi connectivity index (χ3v) is 5.41. The van der Waals surface area contributed by atoms with Gasteiger partial charge in [0.25, 0.3) is 5.91 Å². The molecule has 4 aromatic rings. The zero-order valence-corrected chi connectivity index (χ0v) is 21.9. The minimum Gasteiger partial charge on any atom is -0.439 e. The van der Waals surface area contributed by atoms with Gasteiger partial charge in [-0.2, -0.15) is 26.3 Å². The van der Waals surface area contributed by atoms with Crippen LogP contribution in [0.25, 0.3) is 11.5 Å². The number of carbonyl (C=O) groups is 3. The second kappa shape index (κ2) is 11.9. The van der Waals surface area contributed by atoms with Gasteiger partial charge >= 0.3 is 24.3 Å². The molecule has 0 unspecified atom stereocenters. The maximum absolute atomic E-state index is 13.4. The Morgan fingerprint density at radius 1 is 0.907 bits per heavy atom. The molecule has 11 nitrogen and oxygen atoms in total. The molecule has 3 heterocycles. The van der Waals surface area contributed by atoms with Crippen molar-refractivity contribution in [1.29, 1.82) is 0 Å². The number of hydrogen-bond donors (Lipinski definition) is 1. The van der Waals surface area contributed by atoms with E-state index >= 15 is 0 Å². The number of nitrogens with one attached hydrogen (secondary N) is 1. The van der Waals surface area contributed by atoms with Crippen molar-refractivity contribution in [3.8, 4) is 23.1 Å². The Bertz CT molecular complexity index is 1690. The molecule has 0 spiro atoms. The first-order valence-electron chi connectivity index (χ1n) is 12.0. The molecule has 0 saturated carbocycles. The Kier molecular flexibility index (Phi) is 8.45. The van der Waals surface area contributed by atoms with Gasteiger partial charge in [-0.3, -0.25) is 4.79 Å². The summed E-state index contributed by atoms with van der Waals surface area (Å²) in [5, 5.41) is 10.5. The van der Waals surface area contributed by atoms with Crippen molar-refractivity contribution in [2.45, 2.75) is 32.2 Å². The largest absolute Gasteiger partial charge is 0.491 e. The van der Waals surface area contributed by atoms with Crippen LogP contribution in [0.4, 0.5) is 32.2 Å². The molecule has 224 valence electrons. The lowest BCUT2D eigenvalue weighted by Gasteiger charge is -2.13. The summed E-state index contributed by atoms with van der Waals surface area (Å²) >= 11 is 0. The summed E-state index contributed by atoms with van der Waals surface area (Å²) in [4.78, 5) is 43.5. The number of halogens is 6. The highest BCUT2D eigenvalue weighted by molar-refractivity contribution is 6.04. The number of carbonyl (C=O) groups excluding carboxylic acids is 3. The molecule has 0 fully saturated rings. The van der Waals surface area contributed by atoms with E-state index < -0.39 is 47.3 Å². The normalized spacial score (nSPS) is 11.7. The van der Waals surface area contributed by atoms with Crippen molar-refractivity contribution < 1.29 is 50.2 Å². The van der Waals surface area contributed by atoms with Gasteiger partial charge in [0.15, 0.2) is 5.82 Å². The van der Waals surface area contributed by atoms with Gasteiger partial charge in [-0.25, -0.2) is 19.6 Å². The number of amides is 1. The first-order valence-corrected chi connectivity index (χ1v) is 12.0. The van der Waals surface area contributed by atoms with Crippen molar-refractivity contribution in [2.24, 2.45) is 0 Å². The summed E-state index contributed by atoms with van der Waals surface area (Å²) < 4.78 is 88.1. The van der Waals surface area contributed by atoms with Gasteiger partial charge in [0.05, 0.1) is 5.56 Å². The molecule has 0 aliphatic heterocycles. The third kappa shape index (κ3) is 7.49. The van der Waals surface area contributed by atoms with E-state index in [0.29, 0.717) is 17.6 Å². The predicted octanol–water partition coefficient (Wildman–Crippen LogP) is 5.63. The molecule has 0 saturated heterocycles. The lowest BCUT2D eigenvalue weighted by atomic mass is 10.2. The molecular formula is C26H18F6N6O5. The molecule has 0 radical (unpaired) electrons. The van der Waals surface area contributed by atoms with Crippen LogP contribution >= 0.6 is 0 Å². The van der Waals surface area contributed by atoms with E-state index in [1.54, 1.807) is 16.7 Å². The second-order valence-corrected chi connectivity index (χ2v) is 8.90. The summed E-state index contributed by atoms with van der Waals surface area (Å²) in [5.41, 5.74) is -2.42. The van der Waals surface area contributed by atoms with E-state index in [1.807, 2.05) is 13.8 Å². The number of aromatic nitrogens is 5. The van der Waals surface area contributed by atoms with Crippen LogP contribution < -0.4 is 10.1 Å². The highest BCUT2D eigenvalue weighted by Gasteiger charge is 2.43. The monoisotopic (exact) mass is 608 g/mol. The van der Waals surface area contributed by atoms with Crippen molar-refractivity contribution in [2.75, 3.05) is 5.32 Å². The number of nitrogens with zero attached hydrogens (tertiary/aromatic N) is 5. The minimum atomic E-state index is -5.57. The topological polar surface area (TPSA) is 138 Å². The van der Waals surface area contributed by atoms with Crippen LogP contribution in [0.15, 0.2) is 60.9 Å². The second-order valence-electron chi connectivity index (χ2n) is 8.90. The number of rotatable bonds is 7. The van der Waals surface area contributed by atoms with E-state index in [4.69, 9.17) is 4.74 Å². The van der Waals surface area contributed by atoms with Crippen molar-refractivity contribution >= 4 is 23.7 Å². The molecule has 17 heteroatoms. The fraction of sp³-hybridized carbons (Fsp3) is 0.192. The molecule has 1 N–H and O–H groups in total.